The number of benzene rings is 2. The summed E-state index contributed by atoms with van der Waals surface area (Å²) in [5.74, 6) is -1.38. The highest BCUT2D eigenvalue weighted by Gasteiger charge is 2.58. The zero-order valence-electron chi connectivity index (χ0n) is 24.4. The van der Waals surface area contributed by atoms with Crippen LogP contribution in [0.4, 0.5) is 10.5 Å². The Bertz CT molecular complexity index is 1360. The monoisotopic (exact) mass is 572 g/mol. The van der Waals surface area contributed by atoms with Crippen molar-refractivity contribution in [3.8, 4) is 0 Å². The molecule has 0 aliphatic carbocycles. The molecule has 4 rings (SSSR count). The van der Waals surface area contributed by atoms with Crippen LogP contribution in [0.2, 0.25) is 0 Å². The number of amides is 4. The summed E-state index contributed by atoms with van der Waals surface area (Å²) in [6, 6.07) is 12.9. The fraction of sp³-hybridized carbons (Fsp3) is 0.394. The molecule has 222 valence electrons. The van der Waals surface area contributed by atoms with Crippen molar-refractivity contribution in [2.75, 3.05) is 18.4 Å². The van der Waals surface area contributed by atoms with Crippen molar-refractivity contribution in [1.29, 1.82) is 0 Å². The zero-order valence-corrected chi connectivity index (χ0v) is 24.4. The standard InChI is InChI=1S/C33H40N4O5/c1-5-7-11-16-36(32(41)42-20-24-12-9-8-10-13-24)27(17-22(3)4)30(39)37-21-33(19-28(37)29(34)38)25-18-23(6-2)14-15-26(25)35-31(33)40/h5-6,8-10,12-15,18,22,27-28H,1-2,7,11,16-17,19-21H2,3-4H3,(H2,34,38)(H,35,40)/t27-,28-,33-/m0/s1. The summed E-state index contributed by atoms with van der Waals surface area (Å²) in [4.78, 5) is 57.1. The predicted molar refractivity (Wildman–Crippen MR) is 162 cm³/mol. The molecule has 0 saturated carbocycles. The molecular formula is C33H40N4O5. The summed E-state index contributed by atoms with van der Waals surface area (Å²) in [6.07, 6.45) is 4.43. The van der Waals surface area contributed by atoms with E-state index in [1.165, 1.54) is 9.80 Å². The second kappa shape index (κ2) is 13.1. The number of fused-ring (bicyclic) bond motifs is 2. The average molecular weight is 573 g/mol. The summed E-state index contributed by atoms with van der Waals surface area (Å²) in [5.41, 5.74) is 7.69. The van der Waals surface area contributed by atoms with E-state index < -0.39 is 35.4 Å². The molecule has 2 aromatic carbocycles. The molecule has 2 aliphatic rings. The third-order valence-electron chi connectivity index (χ3n) is 8.05. The van der Waals surface area contributed by atoms with E-state index in [9.17, 15) is 19.2 Å². The van der Waals surface area contributed by atoms with E-state index in [4.69, 9.17) is 10.5 Å². The minimum absolute atomic E-state index is 0.0347. The molecule has 9 nitrogen and oxygen atoms in total. The fourth-order valence-electron chi connectivity index (χ4n) is 5.89. The number of rotatable bonds is 12. The summed E-state index contributed by atoms with van der Waals surface area (Å²) >= 11 is 0. The van der Waals surface area contributed by atoms with E-state index in [1.807, 2.05) is 56.3 Å². The first-order valence-corrected chi connectivity index (χ1v) is 14.4. The number of anilines is 1. The lowest BCUT2D eigenvalue weighted by molar-refractivity contribution is -0.142. The van der Waals surface area contributed by atoms with Gasteiger partial charge in [-0.2, -0.15) is 0 Å². The van der Waals surface area contributed by atoms with Gasteiger partial charge in [0.15, 0.2) is 0 Å². The van der Waals surface area contributed by atoms with Gasteiger partial charge < -0.3 is 20.7 Å². The highest BCUT2D eigenvalue weighted by Crippen LogP contribution is 2.47. The molecule has 0 aromatic heterocycles. The number of carbonyl (C=O) groups is 4. The van der Waals surface area contributed by atoms with Crippen LogP contribution < -0.4 is 11.1 Å². The molecule has 42 heavy (non-hydrogen) atoms. The molecule has 1 spiro atoms. The first-order chi connectivity index (χ1) is 20.1. The highest BCUT2D eigenvalue weighted by molar-refractivity contribution is 6.08. The van der Waals surface area contributed by atoms with E-state index >= 15 is 0 Å². The number of ether oxygens (including phenoxy) is 1. The Kier molecular flexibility index (Phi) is 9.50. The van der Waals surface area contributed by atoms with Gasteiger partial charge in [0.1, 0.15) is 18.7 Å². The van der Waals surface area contributed by atoms with E-state index in [0.29, 0.717) is 30.5 Å². The second-order valence-corrected chi connectivity index (χ2v) is 11.4. The first kappa shape index (κ1) is 30.6. The van der Waals surface area contributed by atoms with Crippen LogP contribution >= 0.6 is 0 Å². The fourth-order valence-corrected chi connectivity index (χ4v) is 5.89. The van der Waals surface area contributed by atoms with Crippen molar-refractivity contribution < 1.29 is 23.9 Å². The van der Waals surface area contributed by atoms with E-state index in [0.717, 1.165) is 11.1 Å². The van der Waals surface area contributed by atoms with Gasteiger partial charge in [-0.15, -0.1) is 6.58 Å². The number of nitrogens with two attached hydrogens (primary N) is 1. The van der Waals surface area contributed by atoms with E-state index in [-0.39, 0.29) is 37.9 Å². The van der Waals surface area contributed by atoms with Gasteiger partial charge in [-0.1, -0.05) is 69.0 Å². The summed E-state index contributed by atoms with van der Waals surface area (Å²) in [7, 11) is 0. The van der Waals surface area contributed by atoms with Crippen LogP contribution in [-0.4, -0.2) is 58.8 Å². The molecule has 0 bridgehead atoms. The second-order valence-electron chi connectivity index (χ2n) is 11.4. The van der Waals surface area contributed by atoms with Crippen molar-refractivity contribution in [2.24, 2.45) is 11.7 Å². The van der Waals surface area contributed by atoms with Crippen LogP contribution in [0.1, 0.15) is 56.2 Å². The van der Waals surface area contributed by atoms with Gasteiger partial charge in [-0.05, 0) is 60.4 Å². The van der Waals surface area contributed by atoms with Crippen molar-refractivity contribution in [2.45, 2.75) is 63.6 Å². The quantitative estimate of drug-likeness (QED) is 0.284. The molecule has 2 aliphatic heterocycles. The molecule has 1 fully saturated rings. The Labute approximate surface area is 247 Å². The maximum absolute atomic E-state index is 14.4. The van der Waals surface area contributed by atoms with Crippen LogP contribution in [0.5, 0.6) is 0 Å². The van der Waals surface area contributed by atoms with Gasteiger partial charge in [-0.25, -0.2) is 4.79 Å². The van der Waals surface area contributed by atoms with Crippen LogP contribution in [0, 0.1) is 5.92 Å². The molecule has 0 radical (unpaired) electrons. The minimum Gasteiger partial charge on any atom is -0.445 e. The van der Waals surface area contributed by atoms with Gasteiger partial charge >= 0.3 is 6.09 Å². The number of primary amides is 1. The number of likely N-dealkylation sites (tertiary alicyclic amines) is 1. The Hall–Kier alpha value is -4.40. The van der Waals surface area contributed by atoms with E-state index in [1.54, 1.807) is 18.2 Å². The molecule has 1 saturated heterocycles. The van der Waals surface area contributed by atoms with Crippen LogP contribution in [0.3, 0.4) is 0 Å². The van der Waals surface area contributed by atoms with Gasteiger partial charge in [0.25, 0.3) is 0 Å². The Balaban J connectivity index is 1.68. The molecule has 4 amide bonds. The number of nitrogens with one attached hydrogen (secondary N) is 1. The van der Waals surface area contributed by atoms with Gasteiger partial charge in [0.05, 0.1) is 5.41 Å². The predicted octanol–water partition coefficient (Wildman–Crippen LogP) is 4.63. The SMILES string of the molecule is C=CCCCN(C(=O)OCc1ccccc1)[C@@H](CC(C)C)C(=O)N1C[C@]2(C[C@H]1C(N)=O)C(=O)Nc1ccc(C=C)cc12. The number of hydrogen-bond donors (Lipinski definition) is 2. The topological polar surface area (TPSA) is 122 Å². The van der Waals surface area contributed by atoms with Crippen LogP contribution in [0.15, 0.2) is 67.8 Å². The zero-order chi connectivity index (χ0) is 30.4. The lowest BCUT2D eigenvalue weighted by Gasteiger charge is -2.35. The Morgan fingerprint density at radius 3 is 2.57 bits per heavy atom. The summed E-state index contributed by atoms with van der Waals surface area (Å²) in [5, 5.41) is 2.91. The normalized spacial score (nSPS) is 19.7. The van der Waals surface area contributed by atoms with Gasteiger partial charge in [0, 0.05) is 18.8 Å². The van der Waals surface area contributed by atoms with Crippen molar-refractivity contribution in [3.05, 3.63) is 84.5 Å². The molecule has 2 heterocycles. The number of allylic oxidation sites excluding steroid dienone is 1. The largest absolute Gasteiger partial charge is 0.445 e. The van der Waals surface area contributed by atoms with E-state index in [2.05, 4.69) is 18.5 Å². The van der Waals surface area contributed by atoms with Crippen molar-refractivity contribution in [3.63, 3.8) is 0 Å². The molecule has 0 unspecified atom stereocenters. The maximum Gasteiger partial charge on any atom is 0.410 e. The lowest BCUT2D eigenvalue weighted by atomic mass is 9.79. The molecular weight excluding hydrogens is 532 g/mol. The summed E-state index contributed by atoms with van der Waals surface area (Å²) < 4.78 is 5.68. The van der Waals surface area contributed by atoms with Gasteiger partial charge in [0.2, 0.25) is 17.7 Å². The molecule has 3 N–H and O–H groups in total. The number of carbonyl (C=O) groups excluding carboxylic acids is 4. The Morgan fingerprint density at radius 1 is 1.19 bits per heavy atom. The third-order valence-corrected chi connectivity index (χ3v) is 8.05. The molecule has 2 aromatic rings. The highest BCUT2D eigenvalue weighted by atomic mass is 16.6. The average Bonchev–Trinajstić information content (AvgIpc) is 3.51. The van der Waals surface area contributed by atoms with Crippen LogP contribution in [-0.2, 0) is 31.1 Å². The minimum atomic E-state index is -1.15. The van der Waals surface area contributed by atoms with Crippen LogP contribution in [0.25, 0.3) is 6.08 Å². The lowest BCUT2D eigenvalue weighted by Crippen LogP contribution is -2.55. The molecule has 9 heteroatoms. The third kappa shape index (κ3) is 6.25. The molecule has 3 atom stereocenters. The van der Waals surface area contributed by atoms with Crippen molar-refractivity contribution >= 4 is 35.6 Å². The summed E-state index contributed by atoms with van der Waals surface area (Å²) in [6.45, 7) is 11.8. The Morgan fingerprint density at radius 2 is 1.93 bits per heavy atom. The number of nitrogens with zero attached hydrogens (tertiary/aromatic N) is 2. The number of hydrogen-bond acceptors (Lipinski definition) is 5. The van der Waals surface area contributed by atoms with Gasteiger partial charge in [-0.3, -0.25) is 19.3 Å². The number of unbranched alkanes of at least 4 members (excludes halogenated alkanes) is 1. The smallest absolute Gasteiger partial charge is 0.410 e. The maximum atomic E-state index is 14.4. The first-order valence-electron chi connectivity index (χ1n) is 14.4. The van der Waals surface area contributed by atoms with Crippen molar-refractivity contribution in [1.82, 2.24) is 9.80 Å².